The summed E-state index contributed by atoms with van der Waals surface area (Å²) in [5, 5.41) is 10.6. The highest BCUT2D eigenvalue weighted by Gasteiger charge is 2.36. The average molecular weight is 546 g/mol. The van der Waals surface area contributed by atoms with E-state index in [1.807, 2.05) is 0 Å². The number of nitro groups is 1. The van der Waals surface area contributed by atoms with Gasteiger partial charge in [-0.1, -0.05) is 15.9 Å². The molecule has 3 amide bonds. The van der Waals surface area contributed by atoms with Crippen molar-refractivity contribution in [2.24, 2.45) is 5.73 Å². The number of hydrogen-bond acceptors (Lipinski definition) is 7. The number of carbonyl (C=O) groups excluding carboxylic acids is 3. The normalized spacial score (nSPS) is 15.3. The highest BCUT2D eigenvalue weighted by molar-refractivity contribution is 9.10. The summed E-state index contributed by atoms with van der Waals surface area (Å²) in [7, 11) is 0. The standard InChI is InChI=1S/C19H11BrF3N3O6S/c20-11-2-4-13(32-14-3-1-10(19(21,22)23)7-12(14)26(30)31)9(5-11)6-15-17(28)25(8-16(24)27)18(29)33-15/h1-7H,8H2,(H2,24,27)/b15-6-. The Morgan fingerprint density at radius 3 is 2.48 bits per heavy atom. The van der Waals surface area contributed by atoms with E-state index in [1.54, 1.807) is 0 Å². The molecule has 1 saturated heterocycles. The molecule has 9 nitrogen and oxygen atoms in total. The molecule has 1 aliphatic heterocycles. The fourth-order valence-electron chi connectivity index (χ4n) is 2.70. The van der Waals surface area contributed by atoms with Crippen LogP contribution in [0.5, 0.6) is 11.5 Å². The van der Waals surface area contributed by atoms with Gasteiger partial charge in [-0.05, 0) is 48.2 Å². The molecule has 14 heteroatoms. The van der Waals surface area contributed by atoms with E-state index >= 15 is 0 Å². The van der Waals surface area contributed by atoms with Crippen LogP contribution in [0.3, 0.4) is 0 Å². The Bertz CT molecular complexity index is 1220. The van der Waals surface area contributed by atoms with E-state index in [0.29, 0.717) is 33.3 Å². The first-order valence-corrected chi connectivity index (χ1v) is 10.3. The van der Waals surface area contributed by atoms with Crippen LogP contribution in [0, 0.1) is 10.1 Å². The second-order valence-corrected chi connectivity index (χ2v) is 8.36. The second-order valence-electron chi connectivity index (χ2n) is 6.46. The lowest BCUT2D eigenvalue weighted by Gasteiger charge is -2.12. The molecule has 0 bridgehead atoms. The fraction of sp³-hybridized carbons (Fsp3) is 0.105. The van der Waals surface area contributed by atoms with Crippen molar-refractivity contribution in [3.05, 3.63) is 67.0 Å². The molecular weight excluding hydrogens is 535 g/mol. The average Bonchev–Trinajstić information content (AvgIpc) is 2.96. The van der Waals surface area contributed by atoms with Gasteiger partial charge in [-0.3, -0.25) is 29.4 Å². The number of benzene rings is 2. The molecule has 1 aliphatic rings. The van der Waals surface area contributed by atoms with Crippen LogP contribution in [0.1, 0.15) is 11.1 Å². The zero-order chi connectivity index (χ0) is 24.5. The minimum absolute atomic E-state index is 0.0391. The highest BCUT2D eigenvalue weighted by Crippen LogP contribution is 2.40. The summed E-state index contributed by atoms with van der Waals surface area (Å²) < 4.78 is 44.8. The number of halogens is 4. The Hall–Kier alpha value is -3.39. The zero-order valence-corrected chi connectivity index (χ0v) is 18.5. The number of ether oxygens (including phenoxy) is 1. The number of rotatable bonds is 6. The number of nitro benzene ring substituents is 1. The fourth-order valence-corrected chi connectivity index (χ4v) is 3.91. The molecule has 1 fully saturated rings. The van der Waals surface area contributed by atoms with Gasteiger partial charge in [-0.15, -0.1) is 0 Å². The van der Waals surface area contributed by atoms with Gasteiger partial charge >= 0.3 is 11.9 Å². The van der Waals surface area contributed by atoms with Crippen LogP contribution in [-0.2, 0) is 15.8 Å². The van der Waals surface area contributed by atoms with Crippen LogP contribution in [-0.4, -0.2) is 33.4 Å². The van der Waals surface area contributed by atoms with Gasteiger partial charge in [0.2, 0.25) is 11.7 Å². The summed E-state index contributed by atoms with van der Waals surface area (Å²) in [6, 6.07) is 6.13. The van der Waals surface area contributed by atoms with Gasteiger partial charge in [0.25, 0.3) is 11.1 Å². The maximum absolute atomic E-state index is 12.9. The Labute approximate surface area is 195 Å². The molecule has 172 valence electrons. The molecule has 2 aromatic carbocycles. The maximum atomic E-state index is 12.9. The topological polar surface area (TPSA) is 133 Å². The number of carbonyl (C=O) groups is 3. The van der Waals surface area contributed by atoms with Crippen molar-refractivity contribution in [1.29, 1.82) is 0 Å². The number of imide groups is 1. The van der Waals surface area contributed by atoms with Crippen LogP contribution in [0.4, 0.5) is 23.7 Å². The molecule has 0 saturated carbocycles. The number of amides is 3. The lowest BCUT2D eigenvalue weighted by Crippen LogP contribution is -2.36. The SMILES string of the molecule is NC(=O)CN1C(=O)S/C(=C\c2cc(Br)ccc2Oc2ccc(C(F)(F)F)cc2[N+](=O)[O-])C1=O. The molecule has 0 spiro atoms. The Morgan fingerprint density at radius 1 is 1.21 bits per heavy atom. The third-order valence-electron chi connectivity index (χ3n) is 4.15. The summed E-state index contributed by atoms with van der Waals surface area (Å²) in [5.74, 6) is -2.18. The molecule has 0 atom stereocenters. The second kappa shape index (κ2) is 9.23. The van der Waals surface area contributed by atoms with Crippen LogP contribution in [0.25, 0.3) is 6.08 Å². The lowest BCUT2D eigenvalue weighted by atomic mass is 10.1. The monoisotopic (exact) mass is 545 g/mol. The van der Waals surface area contributed by atoms with Crippen LogP contribution in [0.15, 0.2) is 45.8 Å². The van der Waals surface area contributed by atoms with E-state index in [4.69, 9.17) is 10.5 Å². The van der Waals surface area contributed by atoms with Crippen molar-refractivity contribution >= 4 is 56.5 Å². The Morgan fingerprint density at radius 2 is 1.88 bits per heavy atom. The first-order chi connectivity index (χ1) is 15.4. The van der Waals surface area contributed by atoms with Crippen LogP contribution >= 0.6 is 27.7 Å². The predicted molar refractivity (Wildman–Crippen MR) is 114 cm³/mol. The van der Waals surface area contributed by atoms with Gasteiger partial charge < -0.3 is 10.5 Å². The summed E-state index contributed by atoms with van der Waals surface area (Å²) in [5.41, 5.74) is 3.08. The van der Waals surface area contributed by atoms with Crippen molar-refractivity contribution in [3.63, 3.8) is 0 Å². The Balaban J connectivity index is 2.01. The zero-order valence-electron chi connectivity index (χ0n) is 16.1. The minimum Gasteiger partial charge on any atom is -0.449 e. The van der Waals surface area contributed by atoms with Gasteiger partial charge in [-0.2, -0.15) is 13.2 Å². The summed E-state index contributed by atoms with van der Waals surface area (Å²) in [4.78, 5) is 46.4. The van der Waals surface area contributed by atoms with Crippen molar-refractivity contribution in [2.75, 3.05) is 6.54 Å². The smallest absolute Gasteiger partial charge is 0.416 e. The number of primary amides is 1. The van der Waals surface area contributed by atoms with E-state index in [2.05, 4.69) is 15.9 Å². The van der Waals surface area contributed by atoms with E-state index in [1.165, 1.54) is 24.3 Å². The molecule has 3 rings (SSSR count). The van der Waals surface area contributed by atoms with Gasteiger partial charge in [0.15, 0.2) is 0 Å². The van der Waals surface area contributed by atoms with E-state index < -0.39 is 51.7 Å². The van der Waals surface area contributed by atoms with E-state index in [0.717, 1.165) is 6.07 Å². The molecule has 0 unspecified atom stereocenters. The van der Waals surface area contributed by atoms with Crippen molar-refractivity contribution in [2.45, 2.75) is 6.18 Å². The largest absolute Gasteiger partial charge is 0.449 e. The first kappa shape index (κ1) is 24.3. The highest BCUT2D eigenvalue weighted by atomic mass is 79.9. The maximum Gasteiger partial charge on any atom is 0.416 e. The third kappa shape index (κ3) is 5.51. The van der Waals surface area contributed by atoms with Gasteiger partial charge in [0, 0.05) is 16.1 Å². The molecular formula is C19H11BrF3N3O6S. The first-order valence-electron chi connectivity index (χ1n) is 8.73. The summed E-state index contributed by atoms with van der Waals surface area (Å²) >= 11 is 3.76. The minimum atomic E-state index is -4.79. The van der Waals surface area contributed by atoms with Gasteiger partial charge in [-0.25, -0.2) is 0 Å². The Kier molecular flexibility index (Phi) is 6.78. The molecule has 2 N–H and O–H groups in total. The van der Waals surface area contributed by atoms with E-state index in [9.17, 15) is 37.7 Å². The van der Waals surface area contributed by atoms with Gasteiger partial charge in [0.1, 0.15) is 12.3 Å². The molecule has 0 radical (unpaired) electrons. The molecule has 0 aliphatic carbocycles. The lowest BCUT2D eigenvalue weighted by molar-refractivity contribution is -0.385. The number of nitrogens with two attached hydrogens (primary N) is 1. The van der Waals surface area contributed by atoms with E-state index in [-0.39, 0.29) is 16.2 Å². The predicted octanol–water partition coefficient (Wildman–Crippen LogP) is 4.69. The number of nitrogens with zero attached hydrogens (tertiary/aromatic N) is 2. The number of hydrogen-bond donors (Lipinski definition) is 1. The summed E-state index contributed by atoms with van der Waals surface area (Å²) in [6.07, 6.45) is -3.54. The third-order valence-corrected chi connectivity index (χ3v) is 5.55. The van der Waals surface area contributed by atoms with Crippen molar-refractivity contribution in [1.82, 2.24) is 4.90 Å². The molecule has 1 heterocycles. The van der Waals surface area contributed by atoms with Crippen molar-refractivity contribution < 1.29 is 37.2 Å². The molecule has 0 aromatic heterocycles. The molecule has 33 heavy (non-hydrogen) atoms. The van der Waals surface area contributed by atoms with Gasteiger partial charge in [0.05, 0.1) is 15.4 Å². The quantitative estimate of drug-likeness (QED) is 0.316. The summed E-state index contributed by atoms with van der Waals surface area (Å²) in [6.45, 7) is -0.610. The van der Waals surface area contributed by atoms with Crippen LogP contribution in [0.2, 0.25) is 0 Å². The van der Waals surface area contributed by atoms with Crippen molar-refractivity contribution in [3.8, 4) is 11.5 Å². The van der Waals surface area contributed by atoms with Crippen LogP contribution < -0.4 is 10.5 Å². The number of thioether (sulfide) groups is 1. The molecule has 2 aromatic rings. The number of alkyl halides is 3.